The summed E-state index contributed by atoms with van der Waals surface area (Å²) in [4.78, 5) is 23.5. The lowest BCUT2D eigenvalue weighted by Crippen LogP contribution is -2.38. The predicted molar refractivity (Wildman–Crippen MR) is 64.8 cm³/mol. The zero-order valence-electron chi connectivity index (χ0n) is 10.8. The number of carbonyl (C=O) groups excluding carboxylic acids is 2. The van der Waals surface area contributed by atoms with E-state index < -0.39 is 23.8 Å². The molecule has 0 N–H and O–H groups in total. The third-order valence-electron chi connectivity index (χ3n) is 3.54. The zero-order chi connectivity index (χ0) is 14.0. The Hall–Kier alpha value is -1.91. The summed E-state index contributed by atoms with van der Waals surface area (Å²) in [6.45, 7) is 0. The molecule has 0 saturated carbocycles. The van der Waals surface area contributed by atoms with Crippen molar-refractivity contribution < 1.29 is 23.5 Å². The monoisotopic (exact) mass is 266 g/mol. The first-order valence-corrected chi connectivity index (χ1v) is 5.99. The highest BCUT2D eigenvalue weighted by Gasteiger charge is 2.39. The zero-order valence-corrected chi connectivity index (χ0v) is 10.8. The molecule has 0 bridgehead atoms. The summed E-state index contributed by atoms with van der Waals surface area (Å²) in [5.74, 6) is -2.45. The van der Waals surface area contributed by atoms with Crippen molar-refractivity contribution in [3.63, 3.8) is 0 Å². The van der Waals surface area contributed by atoms with Gasteiger partial charge in [0, 0.05) is 0 Å². The smallest absolute Gasteiger partial charge is 0.309 e. The van der Waals surface area contributed by atoms with Crippen LogP contribution in [0, 0.1) is 17.7 Å². The highest BCUT2D eigenvalue weighted by molar-refractivity contribution is 5.83. The van der Waals surface area contributed by atoms with Crippen LogP contribution >= 0.6 is 0 Å². The highest BCUT2D eigenvalue weighted by Crippen LogP contribution is 2.32. The van der Waals surface area contributed by atoms with E-state index in [0.717, 1.165) is 11.1 Å². The van der Waals surface area contributed by atoms with Crippen molar-refractivity contribution in [2.24, 2.45) is 11.8 Å². The van der Waals surface area contributed by atoms with Gasteiger partial charge in [-0.05, 0) is 36.1 Å². The quantitative estimate of drug-likeness (QED) is 0.761. The van der Waals surface area contributed by atoms with E-state index in [4.69, 9.17) is 9.47 Å². The Labute approximate surface area is 110 Å². The van der Waals surface area contributed by atoms with Crippen LogP contribution in [0.25, 0.3) is 0 Å². The van der Waals surface area contributed by atoms with Gasteiger partial charge in [0.15, 0.2) is 0 Å². The van der Waals surface area contributed by atoms with E-state index in [2.05, 4.69) is 0 Å². The van der Waals surface area contributed by atoms with Gasteiger partial charge in [0.05, 0.1) is 26.1 Å². The molecule has 0 fully saturated rings. The topological polar surface area (TPSA) is 52.6 Å². The number of ether oxygens (including phenoxy) is 2. The van der Waals surface area contributed by atoms with E-state index in [-0.39, 0.29) is 5.82 Å². The van der Waals surface area contributed by atoms with Crippen molar-refractivity contribution in [3.05, 3.63) is 35.1 Å². The number of hydrogen-bond donors (Lipinski definition) is 0. The van der Waals surface area contributed by atoms with Gasteiger partial charge in [-0.1, -0.05) is 6.07 Å². The van der Waals surface area contributed by atoms with Crippen molar-refractivity contribution in [2.75, 3.05) is 14.2 Å². The van der Waals surface area contributed by atoms with E-state index in [1.165, 1.54) is 26.4 Å². The van der Waals surface area contributed by atoms with Gasteiger partial charge in [-0.15, -0.1) is 0 Å². The lowest BCUT2D eigenvalue weighted by Gasteiger charge is -2.29. The van der Waals surface area contributed by atoms with Crippen LogP contribution in [0.2, 0.25) is 0 Å². The molecular formula is C14H15FO4. The Bertz CT molecular complexity index is 512. The Balaban J connectivity index is 2.36. The van der Waals surface area contributed by atoms with Crippen LogP contribution in [0.5, 0.6) is 0 Å². The molecule has 1 aliphatic rings. The molecule has 102 valence electrons. The fourth-order valence-corrected chi connectivity index (χ4v) is 2.54. The van der Waals surface area contributed by atoms with Crippen LogP contribution < -0.4 is 0 Å². The predicted octanol–water partition coefficient (Wildman–Crippen LogP) is 1.50. The number of carbonyl (C=O) groups is 2. The van der Waals surface area contributed by atoms with Gasteiger partial charge in [0.25, 0.3) is 0 Å². The SMILES string of the molecule is COC(=O)[C@H]1Cc2ccc(F)cc2C[C@@H]1C(=O)OC. The van der Waals surface area contributed by atoms with Gasteiger partial charge in [-0.3, -0.25) is 9.59 Å². The van der Waals surface area contributed by atoms with Gasteiger partial charge < -0.3 is 9.47 Å². The van der Waals surface area contributed by atoms with Crippen LogP contribution in [0.4, 0.5) is 4.39 Å². The van der Waals surface area contributed by atoms with Gasteiger partial charge in [-0.2, -0.15) is 0 Å². The summed E-state index contributed by atoms with van der Waals surface area (Å²) in [7, 11) is 2.56. The molecule has 2 rings (SSSR count). The van der Waals surface area contributed by atoms with Gasteiger partial charge in [0.2, 0.25) is 0 Å². The summed E-state index contributed by atoms with van der Waals surface area (Å²) in [5.41, 5.74) is 1.62. The number of rotatable bonds is 2. The van der Waals surface area contributed by atoms with Crippen molar-refractivity contribution in [3.8, 4) is 0 Å². The van der Waals surface area contributed by atoms with Crippen molar-refractivity contribution >= 4 is 11.9 Å². The Morgan fingerprint density at radius 2 is 1.58 bits per heavy atom. The van der Waals surface area contributed by atoms with Crippen molar-refractivity contribution in [2.45, 2.75) is 12.8 Å². The normalized spacial score (nSPS) is 21.4. The minimum absolute atomic E-state index is 0.291. The number of benzene rings is 1. The Morgan fingerprint density at radius 3 is 2.11 bits per heavy atom. The summed E-state index contributed by atoms with van der Waals surface area (Å²) in [6.07, 6.45) is 0.654. The van der Waals surface area contributed by atoms with Gasteiger partial charge in [0.1, 0.15) is 5.82 Å². The third kappa shape index (κ3) is 2.59. The van der Waals surface area contributed by atoms with Crippen LogP contribution in [-0.4, -0.2) is 26.2 Å². The maximum absolute atomic E-state index is 13.2. The first-order chi connectivity index (χ1) is 9.06. The molecule has 1 aromatic carbocycles. The van der Waals surface area contributed by atoms with Crippen molar-refractivity contribution in [1.29, 1.82) is 0 Å². The average molecular weight is 266 g/mol. The van der Waals surface area contributed by atoms with Crippen LogP contribution in [-0.2, 0) is 31.9 Å². The molecule has 0 saturated heterocycles. The van der Waals surface area contributed by atoms with Gasteiger partial charge >= 0.3 is 11.9 Å². The fraction of sp³-hybridized carbons (Fsp3) is 0.429. The molecule has 1 aliphatic carbocycles. The number of esters is 2. The lowest BCUT2D eigenvalue weighted by atomic mass is 9.76. The molecular weight excluding hydrogens is 251 g/mol. The summed E-state index contributed by atoms with van der Waals surface area (Å²) in [6, 6.07) is 4.40. The Morgan fingerprint density at radius 1 is 1.05 bits per heavy atom. The van der Waals surface area contributed by atoms with Crippen molar-refractivity contribution in [1.82, 2.24) is 0 Å². The number of halogens is 1. The molecule has 0 heterocycles. The number of methoxy groups -OCH3 is 2. The van der Waals surface area contributed by atoms with E-state index in [9.17, 15) is 14.0 Å². The second-order valence-electron chi connectivity index (χ2n) is 4.58. The molecule has 4 nitrogen and oxygen atoms in total. The molecule has 19 heavy (non-hydrogen) atoms. The van der Waals surface area contributed by atoms with E-state index in [1.807, 2.05) is 0 Å². The molecule has 0 aliphatic heterocycles. The number of fused-ring (bicyclic) bond motifs is 1. The first kappa shape index (κ1) is 13.5. The lowest BCUT2D eigenvalue weighted by molar-refractivity contribution is -0.158. The highest BCUT2D eigenvalue weighted by atomic mass is 19.1. The third-order valence-corrected chi connectivity index (χ3v) is 3.54. The van der Waals surface area contributed by atoms with E-state index >= 15 is 0 Å². The number of hydrogen-bond acceptors (Lipinski definition) is 4. The maximum atomic E-state index is 13.2. The average Bonchev–Trinajstić information content (AvgIpc) is 2.44. The Kier molecular flexibility index (Phi) is 3.83. The molecule has 0 aromatic heterocycles. The van der Waals surface area contributed by atoms with E-state index in [0.29, 0.717) is 12.8 Å². The van der Waals surface area contributed by atoms with Gasteiger partial charge in [-0.25, -0.2) is 4.39 Å². The molecule has 0 radical (unpaired) electrons. The largest absolute Gasteiger partial charge is 0.469 e. The van der Waals surface area contributed by atoms with Crippen LogP contribution in [0.3, 0.4) is 0 Å². The molecule has 0 unspecified atom stereocenters. The molecule has 2 atom stereocenters. The minimum atomic E-state index is -0.619. The molecule has 5 heteroatoms. The molecule has 1 aromatic rings. The maximum Gasteiger partial charge on any atom is 0.309 e. The van der Waals surface area contributed by atoms with Crippen LogP contribution in [0.1, 0.15) is 11.1 Å². The molecule has 0 spiro atoms. The summed E-state index contributed by atoms with van der Waals surface area (Å²) < 4.78 is 22.7. The summed E-state index contributed by atoms with van der Waals surface area (Å²) >= 11 is 0. The fourth-order valence-electron chi connectivity index (χ4n) is 2.54. The van der Waals surface area contributed by atoms with Crippen LogP contribution in [0.15, 0.2) is 18.2 Å². The minimum Gasteiger partial charge on any atom is -0.469 e. The second kappa shape index (κ2) is 5.38. The molecule has 0 amide bonds. The van der Waals surface area contributed by atoms with E-state index in [1.54, 1.807) is 6.07 Å². The first-order valence-electron chi connectivity index (χ1n) is 5.99. The summed E-state index contributed by atoms with van der Waals surface area (Å²) in [5, 5.41) is 0. The standard InChI is InChI=1S/C14H15FO4/c1-18-13(16)11-6-8-3-4-10(15)5-9(8)7-12(11)14(17)19-2/h3-5,11-12H,6-7H2,1-2H3/t11-,12-/m0/s1. The second-order valence-corrected chi connectivity index (χ2v) is 4.58.